The number of hydrogen-bond acceptors (Lipinski definition) is 10. The fraction of sp³-hybridized carbons (Fsp3) is 0.234. The highest BCUT2D eigenvalue weighted by molar-refractivity contribution is 5.67. The van der Waals surface area contributed by atoms with Crippen molar-refractivity contribution in [3.05, 3.63) is 206 Å². The summed E-state index contributed by atoms with van der Waals surface area (Å²) in [6.45, 7) is 7.03. The van der Waals surface area contributed by atoms with E-state index in [2.05, 4.69) is 100 Å². The van der Waals surface area contributed by atoms with Crippen molar-refractivity contribution in [1.82, 2.24) is 15.1 Å². The molecule has 0 aromatic heterocycles. The van der Waals surface area contributed by atoms with Gasteiger partial charge in [0.2, 0.25) is 0 Å². The maximum absolute atomic E-state index is 14.5. The quantitative estimate of drug-likeness (QED) is 0.0728. The highest BCUT2D eigenvalue weighted by atomic mass is 19.2. The van der Waals surface area contributed by atoms with Crippen molar-refractivity contribution in [2.24, 2.45) is 0 Å². The van der Waals surface area contributed by atoms with Gasteiger partial charge in [-0.15, -0.1) is 0 Å². The third-order valence-electron chi connectivity index (χ3n) is 10.6. The molecule has 12 nitrogen and oxygen atoms in total. The molecule has 6 aromatic rings. The molecular formula is C47H51F3N8O4. The minimum atomic E-state index is -1.28. The molecule has 2 aliphatic rings. The van der Waals surface area contributed by atoms with Gasteiger partial charge in [0.05, 0.1) is 39.8 Å². The first-order valence-corrected chi connectivity index (χ1v) is 19.8. The van der Waals surface area contributed by atoms with Crippen LogP contribution in [-0.2, 0) is 0 Å². The van der Waals surface area contributed by atoms with Crippen LogP contribution in [0.5, 0.6) is 0 Å². The lowest BCUT2D eigenvalue weighted by Gasteiger charge is -2.40. The van der Waals surface area contributed by atoms with E-state index in [1.807, 2.05) is 41.3 Å². The predicted molar refractivity (Wildman–Crippen MR) is 239 cm³/mol. The molecule has 0 bridgehead atoms. The average molecular weight is 849 g/mol. The second-order valence-corrected chi connectivity index (χ2v) is 14.5. The molecule has 2 aliphatic heterocycles. The van der Waals surface area contributed by atoms with Crippen molar-refractivity contribution in [3.8, 4) is 0 Å². The van der Waals surface area contributed by atoms with Crippen molar-refractivity contribution >= 4 is 28.4 Å². The second kappa shape index (κ2) is 22.2. The molecule has 2 fully saturated rings. The van der Waals surface area contributed by atoms with Gasteiger partial charge in [0.1, 0.15) is 11.4 Å². The number of nitrogens with zero attached hydrogens (tertiary/aromatic N) is 5. The van der Waals surface area contributed by atoms with Gasteiger partial charge in [-0.2, -0.15) is 0 Å². The standard InChI is InChI=1S/C23H23FN4O2.C17H20N2.C6H4F2N2O2.CH4/c24-19-15-22(28(29)30)20(25)16-21(19)26-11-13-27(14-12-26)23(17-7-3-1-4-8-17)18-9-5-2-6-10-18;1-3-7-15(8-4-1)17(16-9-5-2-6-10-16)19-13-11-18-12-14-19;7-3-1-5(9)6(10(11)12)2-4(3)8;/h1-10,15-16,23H,11-14,25H2;1-10,17-18H,11-14H2;1-2H,9H2;1H4. The molecule has 0 spiro atoms. The van der Waals surface area contributed by atoms with Gasteiger partial charge in [-0.1, -0.05) is 129 Å². The SMILES string of the molecule is C.Nc1cc(F)c(F)cc1[N+](=O)[O-].Nc1cc(N2CCN(C(c3ccccc3)c3ccccc3)CC2)c(F)cc1[N+](=O)[O-].c1ccc(C(c2ccccc2)N2CCNCC2)cc1. The van der Waals surface area contributed by atoms with E-state index < -0.39 is 38.7 Å². The summed E-state index contributed by atoms with van der Waals surface area (Å²) in [5.74, 6) is -3.10. The van der Waals surface area contributed by atoms with Gasteiger partial charge in [-0.25, -0.2) is 13.2 Å². The molecule has 0 saturated carbocycles. The summed E-state index contributed by atoms with van der Waals surface area (Å²) in [5, 5.41) is 24.5. The van der Waals surface area contributed by atoms with Crippen LogP contribution < -0.4 is 21.7 Å². The van der Waals surface area contributed by atoms with Crippen molar-refractivity contribution in [2.45, 2.75) is 19.5 Å². The predicted octanol–water partition coefficient (Wildman–Crippen LogP) is 9.00. The van der Waals surface area contributed by atoms with E-state index in [-0.39, 0.29) is 24.8 Å². The maximum Gasteiger partial charge on any atom is 0.295 e. The molecule has 15 heteroatoms. The fourth-order valence-electron chi connectivity index (χ4n) is 7.61. The molecule has 0 radical (unpaired) electrons. The first-order valence-electron chi connectivity index (χ1n) is 19.8. The number of nitrogens with two attached hydrogens (primary N) is 2. The minimum absolute atomic E-state index is 0. The number of piperazine rings is 2. The number of benzene rings is 6. The lowest BCUT2D eigenvalue weighted by molar-refractivity contribution is -0.384. The number of anilines is 3. The Morgan fingerprint density at radius 2 is 0.839 bits per heavy atom. The molecule has 2 heterocycles. The maximum atomic E-state index is 14.5. The Morgan fingerprint density at radius 3 is 1.23 bits per heavy atom. The third kappa shape index (κ3) is 11.7. The van der Waals surface area contributed by atoms with Crippen LogP contribution in [0.4, 0.5) is 41.6 Å². The van der Waals surface area contributed by atoms with Crippen molar-refractivity contribution in [3.63, 3.8) is 0 Å². The minimum Gasteiger partial charge on any atom is -0.393 e. The van der Waals surface area contributed by atoms with Gasteiger partial charge in [0.25, 0.3) is 11.4 Å². The van der Waals surface area contributed by atoms with Crippen LogP contribution in [0.3, 0.4) is 0 Å². The number of nitrogens with one attached hydrogen (secondary N) is 1. The summed E-state index contributed by atoms with van der Waals surface area (Å²) in [6, 6.07) is 46.1. The smallest absolute Gasteiger partial charge is 0.295 e. The lowest BCUT2D eigenvalue weighted by Crippen LogP contribution is -2.48. The zero-order valence-corrected chi connectivity index (χ0v) is 33.3. The number of halogens is 3. The number of nitro groups is 2. The number of rotatable bonds is 9. The molecular weight excluding hydrogens is 798 g/mol. The summed E-state index contributed by atoms with van der Waals surface area (Å²) >= 11 is 0. The number of nitrogen functional groups attached to an aromatic ring is 2. The normalized spacial score (nSPS) is 14.2. The molecule has 8 rings (SSSR count). The van der Waals surface area contributed by atoms with Gasteiger partial charge in [-0.05, 0) is 28.3 Å². The summed E-state index contributed by atoms with van der Waals surface area (Å²) in [6.07, 6.45) is 0. The van der Waals surface area contributed by atoms with Crippen molar-refractivity contribution in [1.29, 1.82) is 0 Å². The molecule has 62 heavy (non-hydrogen) atoms. The largest absolute Gasteiger partial charge is 0.393 e. The summed E-state index contributed by atoms with van der Waals surface area (Å²) < 4.78 is 39.3. The van der Waals surface area contributed by atoms with Crippen LogP contribution in [0.25, 0.3) is 0 Å². The third-order valence-corrected chi connectivity index (χ3v) is 10.6. The Bertz CT molecular complexity index is 2270. The van der Waals surface area contributed by atoms with Gasteiger partial charge in [0, 0.05) is 58.4 Å². The summed E-state index contributed by atoms with van der Waals surface area (Å²) in [5.41, 5.74) is 14.9. The van der Waals surface area contributed by atoms with Crippen LogP contribution in [0.15, 0.2) is 146 Å². The average Bonchev–Trinajstić information content (AvgIpc) is 3.28. The van der Waals surface area contributed by atoms with Gasteiger partial charge >= 0.3 is 0 Å². The van der Waals surface area contributed by atoms with Crippen LogP contribution >= 0.6 is 0 Å². The van der Waals surface area contributed by atoms with Gasteiger partial charge in [-0.3, -0.25) is 30.0 Å². The first kappa shape index (κ1) is 46.3. The Kier molecular flexibility index (Phi) is 16.5. The molecule has 6 aromatic carbocycles. The summed E-state index contributed by atoms with van der Waals surface area (Å²) in [7, 11) is 0. The highest BCUT2D eigenvalue weighted by Gasteiger charge is 2.29. The van der Waals surface area contributed by atoms with Crippen molar-refractivity contribution < 1.29 is 23.0 Å². The van der Waals surface area contributed by atoms with E-state index in [0.717, 1.165) is 45.3 Å². The molecule has 2 saturated heterocycles. The Morgan fingerprint density at radius 1 is 0.500 bits per heavy atom. The molecule has 5 N–H and O–H groups in total. The van der Waals surface area contributed by atoms with E-state index in [9.17, 15) is 33.4 Å². The topological polar surface area (TPSA) is 160 Å². The van der Waals surface area contributed by atoms with Gasteiger partial charge < -0.3 is 21.7 Å². The number of hydrogen-bond donors (Lipinski definition) is 3. The Labute approximate surface area is 359 Å². The molecule has 0 unspecified atom stereocenters. The van der Waals surface area contributed by atoms with Gasteiger partial charge in [0.15, 0.2) is 17.5 Å². The van der Waals surface area contributed by atoms with E-state index in [1.54, 1.807) is 0 Å². The van der Waals surface area contributed by atoms with E-state index in [4.69, 9.17) is 11.5 Å². The summed E-state index contributed by atoms with van der Waals surface area (Å²) in [4.78, 5) is 26.4. The molecule has 0 atom stereocenters. The first-order chi connectivity index (χ1) is 29.5. The van der Waals surface area contributed by atoms with Crippen LogP contribution in [-0.4, -0.2) is 72.0 Å². The Hall–Kier alpha value is -6.81. The lowest BCUT2D eigenvalue weighted by atomic mass is 9.96. The fourth-order valence-corrected chi connectivity index (χ4v) is 7.61. The van der Waals surface area contributed by atoms with Crippen LogP contribution in [0.2, 0.25) is 0 Å². The number of nitro benzene ring substituents is 2. The van der Waals surface area contributed by atoms with E-state index in [1.165, 1.54) is 28.3 Å². The Balaban J connectivity index is 0.000000194. The molecule has 0 amide bonds. The zero-order chi connectivity index (χ0) is 43.3. The molecule has 0 aliphatic carbocycles. The van der Waals surface area contributed by atoms with E-state index >= 15 is 0 Å². The second-order valence-electron chi connectivity index (χ2n) is 14.5. The molecule has 324 valence electrons. The zero-order valence-electron chi connectivity index (χ0n) is 33.3. The van der Waals surface area contributed by atoms with E-state index in [0.29, 0.717) is 37.0 Å². The van der Waals surface area contributed by atoms with Crippen LogP contribution in [0, 0.1) is 37.7 Å². The monoisotopic (exact) mass is 848 g/mol. The highest BCUT2D eigenvalue weighted by Crippen LogP contribution is 2.34. The van der Waals surface area contributed by atoms with Crippen molar-refractivity contribution in [2.75, 3.05) is 68.7 Å². The van der Waals surface area contributed by atoms with Crippen LogP contribution in [0.1, 0.15) is 41.8 Å².